The molecule has 0 bridgehead atoms. The fourth-order valence-corrected chi connectivity index (χ4v) is 1.94. The fraction of sp³-hybridized carbons (Fsp3) is 0.333. The highest BCUT2D eigenvalue weighted by Gasteiger charge is 2.45. The molecule has 102 valence electrons. The molecule has 0 aliphatic carbocycles. The van der Waals surface area contributed by atoms with Crippen molar-refractivity contribution in [1.82, 2.24) is 4.98 Å². The number of nitrogens with zero attached hydrogens (tertiary/aromatic N) is 1. The number of halogens is 3. The number of pyridine rings is 1. The number of fused-ring (bicyclic) bond motifs is 1. The number of carboxylic acid groups (broad SMARTS) is 1. The van der Waals surface area contributed by atoms with Gasteiger partial charge in [-0.1, -0.05) is 12.1 Å². The number of carbonyl (C=O) groups is 1. The minimum atomic E-state index is -4.70. The van der Waals surface area contributed by atoms with Crippen LogP contribution in [0.25, 0.3) is 0 Å². The van der Waals surface area contributed by atoms with Crippen LogP contribution in [0.4, 0.5) is 19.0 Å². The maximum atomic E-state index is 12.9. The Kier molecular flexibility index (Phi) is 3.21. The highest BCUT2D eigenvalue weighted by Crippen LogP contribution is 2.32. The minimum Gasteiger partial charge on any atom is -0.478 e. The first-order valence-electron chi connectivity index (χ1n) is 5.51. The molecule has 2 heterocycles. The Morgan fingerprint density at radius 2 is 2.21 bits per heavy atom. The highest BCUT2D eigenvalue weighted by atomic mass is 19.4. The topological polar surface area (TPSA) is 62.2 Å². The van der Waals surface area contributed by atoms with Crippen molar-refractivity contribution >= 4 is 11.8 Å². The predicted molar refractivity (Wildman–Crippen MR) is 61.9 cm³/mol. The average molecular weight is 272 g/mol. The first kappa shape index (κ1) is 13.4. The van der Waals surface area contributed by atoms with Crippen molar-refractivity contribution in [2.24, 2.45) is 0 Å². The van der Waals surface area contributed by atoms with Gasteiger partial charge in [0.1, 0.15) is 5.82 Å². The molecule has 1 aliphatic heterocycles. The molecule has 1 unspecified atom stereocenters. The molecule has 2 rings (SSSR count). The smallest absolute Gasteiger partial charge is 0.413 e. The number of hydrogen-bond acceptors (Lipinski definition) is 3. The van der Waals surface area contributed by atoms with Crippen LogP contribution in [0.2, 0.25) is 0 Å². The molecule has 0 spiro atoms. The van der Waals surface area contributed by atoms with Gasteiger partial charge in [-0.25, -0.2) is 9.78 Å². The Hall–Kier alpha value is -2.05. The highest BCUT2D eigenvalue weighted by molar-refractivity contribution is 5.89. The van der Waals surface area contributed by atoms with Gasteiger partial charge in [0.05, 0.1) is 5.57 Å². The van der Waals surface area contributed by atoms with Crippen molar-refractivity contribution < 1.29 is 23.1 Å². The number of allylic oxidation sites excluding steroid dienone is 1. The second-order valence-corrected chi connectivity index (χ2v) is 4.31. The Bertz CT molecular complexity index is 552. The molecule has 1 aliphatic rings. The third-order valence-electron chi connectivity index (χ3n) is 2.81. The van der Waals surface area contributed by atoms with Crippen LogP contribution in [0.5, 0.6) is 0 Å². The lowest BCUT2D eigenvalue weighted by molar-refractivity contribution is -0.146. The molecule has 19 heavy (non-hydrogen) atoms. The largest absolute Gasteiger partial charge is 0.478 e. The number of nitrogens with one attached hydrogen (secondary N) is 1. The van der Waals surface area contributed by atoms with E-state index in [-0.39, 0.29) is 12.2 Å². The van der Waals surface area contributed by atoms with Crippen LogP contribution in [0.15, 0.2) is 23.9 Å². The monoisotopic (exact) mass is 272 g/mol. The molecule has 1 aromatic heterocycles. The van der Waals surface area contributed by atoms with Gasteiger partial charge in [-0.15, -0.1) is 0 Å². The van der Waals surface area contributed by atoms with Gasteiger partial charge in [0, 0.05) is 6.20 Å². The van der Waals surface area contributed by atoms with E-state index < -0.39 is 23.8 Å². The molecule has 0 radical (unpaired) electrons. The average Bonchev–Trinajstić information content (AvgIpc) is 2.47. The molecule has 1 aromatic rings. The Balaban J connectivity index is 2.48. The summed E-state index contributed by atoms with van der Waals surface area (Å²) in [6.45, 7) is 1.77. The van der Waals surface area contributed by atoms with E-state index in [2.05, 4.69) is 10.3 Å². The summed E-state index contributed by atoms with van der Waals surface area (Å²) in [5.74, 6) is -1.51. The summed E-state index contributed by atoms with van der Waals surface area (Å²) in [6, 6.07) is -0.564. The molecule has 2 N–H and O–H groups in total. The first-order valence-corrected chi connectivity index (χ1v) is 5.51. The van der Waals surface area contributed by atoms with Gasteiger partial charge in [-0.2, -0.15) is 13.2 Å². The summed E-state index contributed by atoms with van der Waals surface area (Å²) >= 11 is 0. The van der Waals surface area contributed by atoms with E-state index in [1.165, 1.54) is 6.20 Å². The standard InChI is InChI=1S/C12H11F3N2O2/c1-6-4-7-2-3-8(11(18)19)9(12(13,14)15)17-10(7)16-5-6/h3-5,9H,2H2,1H3,(H,16,17)(H,18,19). The van der Waals surface area contributed by atoms with Gasteiger partial charge in [-0.3, -0.25) is 0 Å². The minimum absolute atomic E-state index is 0.0698. The van der Waals surface area contributed by atoms with Crippen LogP contribution in [-0.4, -0.2) is 28.3 Å². The van der Waals surface area contributed by atoms with Crippen LogP contribution in [0.1, 0.15) is 11.1 Å². The third kappa shape index (κ3) is 2.69. The van der Waals surface area contributed by atoms with E-state index in [1.807, 2.05) is 0 Å². The van der Waals surface area contributed by atoms with E-state index in [4.69, 9.17) is 5.11 Å². The van der Waals surface area contributed by atoms with Gasteiger partial charge in [0.2, 0.25) is 0 Å². The molecule has 0 amide bonds. The van der Waals surface area contributed by atoms with Gasteiger partial charge >= 0.3 is 12.1 Å². The van der Waals surface area contributed by atoms with Crippen LogP contribution in [0, 0.1) is 6.92 Å². The van der Waals surface area contributed by atoms with Gasteiger partial charge in [0.15, 0.2) is 6.04 Å². The first-order chi connectivity index (χ1) is 8.79. The van der Waals surface area contributed by atoms with E-state index in [1.54, 1.807) is 13.0 Å². The summed E-state index contributed by atoms with van der Waals surface area (Å²) in [5.41, 5.74) is 0.643. The van der Waals surface area contributed by atoms with Crippen molar-refractivity contribution in [2.75, 3.05) is 5.32 Å². The molecule has 0 saturated heterocycles. The maximum absolute atomic E-state index is 12.9. The normalized spacial score (nSPS) is 18.9. The Labute approximate surface area is 107 Å². The summed E-state index contributed by atoms with van der Waals surface area (Å²) in [7, 11) is 0. The number of carboxylic acids is 1. The number of aromatic nitrogens is 1. The van der Waals surface area contributed by atoms with Crippen LogP contribution < -0.4 is 5.32 Å². The molecular formula is C12H11F3N2O2. The quantitative estimate of drug-likeness (QED) is 0.823. The van der Waals surface area contributed by atoms with Crippen molar-refractivity contribution in [2.45, 2.75) is 25.6 Å². The molecular weight excluding hydrogens is 261 g/mol. The van der Waals surface area contributed by atoms with E-state index in [0.717, 1.165) is 11.6 Å². The van der Waals surface area contributed by atoms with Gasteiger partial charge in [-0.05, 0) is 24.5 Å². The van der Waals surface area contributed by atoms with Crippen molar-refractivity contribution in [3.63, 3.8) is 0 Å². The number of alkyl halides is 3. The van der Waals surface area contributed by atoms with E-state index in [0.29, 0.717) is 5.56 Å². The molecule has 0 fully saturated rings. The van der Waals surface area contributed by atoms with E-state index >= 15 is 0 Å². The number of anilines is 1. The second kappa shape index (κ2) is 4.56. The molecule has 0 saturated carbocycles. The SMILES string of the molecule is Cc1cnc2c(c1)CC=C(C(=O)O)C(C(F)(F)F)N2. The second-order valence-electron chi connectivity index (χ2n) is 4.31. The van der Waals surface area contributed by atoms with E-state index in [9.17, 15) is 18.0 Å². The van der Waals surface area contributed by atoms with Gasteiger partial charge in [0.25, 0.3) is 0 Å². The summed E-state index contributed by atoms with van der Waals surface area (Å²) in [4.78, 5) is 14.9. The molecule has 1 atom stereocenters. The zero-order valence-corrected chi connectivity index (χ0v) is 9.95. The lowest BCUT2D eigenvalue weighted by atomic mass is 10.1. The zero-order valence-electron chi connectivity index (χ0n) is 9.95. The number of aryl methyl sites for hydroxylation is 1. The van der Waals surface area contributed by atoms with Crippen molar-refractivity contribution in [1.29, 1.82) is 0 Å². The van der Waals surface area contributed by atoms with Crippen LogP contribution in [-0.2, 0) is 11.2 Å². The predicted octanol–water partition coefficient (Wildman–Crippen LogP) is 2.30. The van der Waals surface area contributed by atoms with Gasteiger partial charge < -0.3 is 10.4 Å². The van der Waals surface area contributed by atoms with Crippen LogP contribution in [0.3, 0.4) is 0 Å². The Morgan fingerprint density at radius 3 is 2.79 bits per heavy atom. The lowest BCUT2D eigenvalue weighted by Crippen LogP contribution is -2.40. The summed E-state index contributed by atoms with van der Waals surface area (Å²) < 4.78 is 38.7. The zero-order chi connectivity index (χ0) is 14.2. The molecule has 4 nitrogen and oxygen atoms in total. The number of aliphatic carboxylic acids is 1. The molecule has 0 aromatic carbocycles. The molecule has 7 heteroatoms. The maximum Gasteiger partial charge on any atom is 0.413 e. The summed E-state index contributed by atoms with van der Waals surface area (Å²) in [5, 5.41) is 11.1. The lowest BCUT2D eigenvalue weighted by Gasteiger charge is -2.21. The number of rotatable bonds is 1. The third-order valence-corrected chi connectivity index (χ3v) is 2.81. The van der Waals surface area contributed by atoms with Crippen molar-refractivity contribution in [3.05, 3.63) is 35.0 Å². The Morgan fingerprint density at radius 1 is 1.53 bits per heavy atom. The van der Waals surface area contributed by atoms with Crippen molar-refractivity contribution in [3.8, 4) is 0 Å². The fourth-order valence-electron chi connectivity index (χ4n) is 1.94. The summed E-state index contributed by atoms with van der Waals surface area (Å²) in [6.07, 6.45) is -2.07. The number of hydrogen-bond donors (Lipinski definition) is 2. The van der Waals surface area contributed by atoms with Crippen LogP contribution >= 0.6 is 0 Å².